The Hall–Kier alpha value is -2.92. The van der Waals surface area contributed by atoms with Gasteiger partial charge in [0.25, 0.3) is 0 Å². The molecule has 152 valence electrons. The summed E-state index contributed by atoms with van der Waals surface area (Å²) in [5.74, 6) is 2.04. The first-order chi connectivity index (χ1) is 14.3. The van der Waals surface area contributed by atoms with Crippen molar-refractivity contribution in [1.29, 1.82) is 0 Å². The lowest BCUT2D eigenvalue weighted by molar-refractivity contribution is -0.123. The quantitative estimate of drug-likeness (QED) is 0.760. The van der Waals surface area contributed by atoms with Crippen LogP contribution < -0.4 is 19.5 Å². The second-order valence-electron chi connectivity index (χ2n) is 7.58. The number of rotatable bonds is 5. The first-order valence-corrected chi connectivity index (χ1v) is 9.65. The van der Waals surface area contributed by atoms with Crippen LogP contribution in [0.3, 0.4) is 0 Å². The largest absolute Gasteiger partial charge is 0.454 e. The van der Waals surface area contributed by atoms with E-state index in [-0.39, 0.29) is 48.9 Å². The molecule has 1 aromatic carbocycles. The molecule has 0 spiro atoms. The molecule has 0 radical (unpaired) electrons. The maximum Gasteiger partial charge on any atom is 0.341 e. The lowest BCUT2D eigenvalue weighted by Crippen LogP contribution is -2.44. The molecule has 4 heterocycles. The number of hydrogen-bond donors (Lipinski definition) is 1. The molecule has 11 nitrogen and oxygen atoms in total. The van der Waals surface area contributed by atoms with Crippen molar-refractivity contribution in [3.63, 3.8) is 0 Å². The number of nitrogens with zero attached hydrogens (tertiary/aromatic N) is 4. The van der Waals surface area contributed by atoms with Crippen molar-refractivity contribution in [2.24, 2.45) is 5.92 Å². The molecular formula is C18H19N5O6. The molecule has 3 fully saturated rings. The molecule has 6 rings (SSSR count). The van der Waals surface area contributed by atoms with E-state index in [1.165, 1.54) is 0 Å². The van der Waals surface area contributed by atoms with Gasteiger partial charge in [-0.3, -0.25) is 4.79 Å². The minimum absolute atomic E-state index is 0.0838. The van der Waals surface area contributed by atoms with E-state index < -0.39 is 0 Å². The van der Waals surface area contributed by atoms with Gasteiger partial charge < -0.3 is 29.0 Å². The van der Waals surface area contributed by atoms with Crippen LogP contribution in [0.25, 0.3) is 0 Å². The maximum absolute atomic E-state index is 12.1. The average molecular weight is 401 g/mol. The average Bonchev–Trinajstić information content (AvgIpc) is 3.07. The summed E-state index contributed by atoms with van der Waals surface area (Å²) in [5, 5.41) is 14.9. The standard InChI is InChI=1S/C18H19N5O6/c24-17(9-1-2-9)19-11-6-25-16-12(7-26-15(11)16)23-18(20-21-22-23)29-10-3-4-13-14(5-10)28-8-27-13/h3-5,9,11-12,15-16H,1-2,6-8H2,(H,19,24). The van der Waals surface area contributed by atoms with Crippen molar-refractivity contribution in [3.8, 4) is 23.3 Å². The van der Waals surface area contributed by atoms with Crippen molar-refractivity contribution < 1.29 is 28.5 Å². The summed E-state index contributed by atoms with van der Waals surface area (Å²) < 4.78 is 30.0. The Morgan fingerprint density at radius 3 is 2.90 bits per heavy atom. The summed E-state index contributed by atoms with van der Waals surface area (Å²) in [5.41, 5.74) is 0. The van der Waals surface area contributed by atoms with Crippen molar-refractivity contribution in [3.05, 3.63) is 18.2 Å². The zero-order chi connectivity index (χ0) is 19.4. The molecule has 2 aromatic rings. The highest BCUT2D eigenvalue weighted by atomic mass is 16.7. The SMILES string of the molecule is O=C(NC1COC2C1OCC2n1nnnc1Oc1ccc2c(c1)OCO2)C1CC1. The number of nitrogens with one attached hydrogen (secondary N) is 1. The van der Waals surface area contributed by atoms with Gasteiger partial charge >= 0.3 is 6.01 Å². The Balaban J connectivity index is 1.18. The van der Waals surface area contributed by atoms with Crippen molar-refractivity contribution in [2.75, 3.05) is 20.0 Å². The molecule has 1 aliphatic carbocycles. The number of amides is 1. The van der Waals surface area contributed by atoms with E-state index in [1.54, 1.807) is 22.9 Å². The first-order valence-electron chi connectivity index (χ1n) is 9.65. The second kappa shape index (κ2) is 6.56. The highest BCUT2D eigenvalue weighted by molar-refractivity contribution is 5.81. The number of benzene rings is 1. The van der Waals surface area contributed by atoms with Crippen LogP contribution >= 0.6 is 0 Å². The molecule has 2 saturated heterocycles. The van der Waals surface area contributed by atoms with Crippen LogP contribution in [0, 0.1) is 5.92 Å². The van der Waals surface area contributed by atoms with Gasteiger partial charge in [0.15, 0.2) is 11.5 Å². The van der Waals surface area contributed by atoms with Crippen LogP contribution in [-0.2, 0) is 14.3 Å². The minimum Gasteiger partial charge on any atom is -0.454 e. The Labute approximate surface area is 165 Å². The Bertz CT molecular complexity index is 947. The Kier molecular flexibility index (Phi) is 3.84. The predicted molar refractivity (Wildman–Crippen MR) is 93.6 cm³/mol. The molecule has 3 aliphatic heterocycles. The fourth-order valence-electron chi connectivity index (χ4n) is 3.97. The Morgan fingerprint density at radius 2 is 2.00 bits per heavy atom. The van der Waals surface area contributed by atoms with Crippen molar-refractivity contribution >= 4 is 5.91 Å². The number of fused-ring (bicyclic) bond motifs is 2. The van der Waals surface area contributed by atoms with Crippen LogP contribution in [0.15, 0.2) is 18.2 Å². The summed E-state index contributed by atoms with van der Waals surface area (Å²) >= 11 is 0. The number of ether oxygens (including phenoxy) is 5. The van der Waals surface area contributed by atoms with E-state index in [2.05, 4.69) is 20.8 Å². The second-order valence-corrected chi connectivity index (χ2v) is 7.58. The van der Waals surface area contributed by atoms with E-state index in [9.17, 15) is 4.79 Å². The van der Waals surface area contributed by atoms with E-state index in [4.69, 9.17) is 23.7 Å². The summed E-state index contributed by atoms with van der Waals surface area (Å²) in [4.78, 5) is 12.1. The molecule has 4 atom stereocenters. The summed E-state index contributed by atoms with van der Waals surface area (Å²) in [6.07, 6.45) is 1.43. The summed E-state index contributed by atoms with van der Waals surface area (Å²) in [7, 11) is 0. The van der Waals surface area contributed by atoms with Gasteiger partial charge in [-0.05, 0) is 35.4 Å². The zero-order valence-corrected chi connectivity index (χ0v) is 15.4. The van der Waals surface area contributed by atoms with Gasteiger partial charge in [0.2, 0.25) is 12.7 Å². The smallest absolute Gasteiger partial charge is 0.341 e. The van der Waals surface area contributed by atoms with Gasteiger partial charge in [-0.2, -0.15) is 4.68 Å². The number of carbonyl (C=O) groups is 1. The molecule has 4 aliphatic rings. The number of aromatic nitrogens is 4. The zero-order valence-electron chi connectivity index (χ0n) is 15.4. The highest BCUT2D eigenvalue weighted by Crippen LogP contribution is 2.39. The lowest BCUT2D eigenvalue weighted by Gasteiger charge is -2.18. The van der Waals surface area contributed by atoms with Gasteiger partial charge in [-0.1, -0.05) is 5.10 Å². The van der Waals surface area contributed by atoms with Crippen LogP contribution in [0.5, 0.6) is 23.3 Å². The topological polar surface area (TPSA) is 119 Å². The van der Waals surface area contributed by atoms with Crippen LogP contribution in [0.1, 0.15) is 18.9 Å². The number of carbonyl (C=O) groups excluding carboxylic acids is 1. The molecule has 1 aromatic heterocycles. The summed E-state index contributed by atoms with van der Waals surface area (Å²) in [6, 6.07) is 5.08. The van der Waals surface area contributed by atoms with E-state index in [0.717, 1.165) is 12.8 Å². The predicted octanol–water partition coefficient (Wildman–Crippen LogP) is 0.428. The fourth-order valence-corrected chi connectivity index (χ4v) is 3.97. The molecule has 4 unspecified atom stereocenters. The monoisotopic (exact) mass is 401 g/mol. The molecule has 1 N–H and O–H groups in total. The number of hydrogen-bond acceptors (Lipinski definition) is 9. The lowest BCUT2D eigenvalue weighted by atomic mass is 10.1. The third kappa shape index (κ3) is 2.97. The molecule has 11 heteroatoms. The first kappa shape index (κ1) is 17.0. The van der Waals surface area contributed by atoms with Gasteiger partial charge in [0.1, 0.15) is 24.0 Å². The van der Waals surface area contributed by atoms with Gasteiger partial charge in [0.05, 0.1) is 19.3 Å². The summed E-state index contributed by atoms with van der Waals surface area (Å²) in [6.45, 7) is 0.966. The highest BCUT2D eigenvalue weighted by Gasteiger charge is 2.50. The van der Waals surface area contributed by atoms with Gasteiger partial charge in [0, 0.05) is 12.0 Å². The van der Waals surface area contributed by atoms with Gasteiger partial charge in [-0.15, -0.1) is 0 Å². The number of tetrazole rings is 1. The van der Waals surface area contributed by atoms with E-state index in [0.29, 0.717) is 30.5 Å². The van der Waals surface area contributed by atoms with Crippen molar-refractivity contribution in [2.45, 2.75) is 37.1 Å². The minimum atomic E-state index is -0.262. The van der Waals surface area contributed by atoms with E-state index in [1.807, 2.05) is 0 Å². The van der Waals surface area contributed by atoms with Crippen LogP contribution in [0.2, 0.25) is 0 Å². The normalized spacial score (nSPS) is 29.7. The van der Waals surface area contributed by atoms with Gasteiger partial charge in [-0.25, -0.2) is 0 Å². The molecule has 1 amide bonds. The van der Waals surface area contributed by atoms with Crippen molar-refractivity contribution in [1.82, 2.24) is 25.5 Å². The van der Waals surface area contributed by atoms with Crippen LogP contribution in [0.4, 0.5) is 0 Å². The third-order valence-corrected chi connectivity index (χ3v) is 5.63. The third-order valence-electron chi connectivity index (χ3n) is 5.63. The fraction of sp³-hybridized carbons (Fsp3) is 0.556. The van der Waals surface area contributed by atoms with Crippen LogP contribution in [-0.4, -0.2) is 64.4 Å². The van der Waals surface area contributed by atoms with E-state index >= 15 is 0 Å². The maximum atomic E-state index is 12.1. The molecule has 29 heavy (non-hydrogen) atoms. The molecule has 1 saturated carbocycles. The molecule has 0 bridgehead atoms. The Morgan fingerprint density at radius 1 is 1.14 bits per heavy atom. The molecular weight excluding hydrogens is 382 g/mol.